The molecule has 0 saturated carbocycles. The van der Waals surface area contributed by atoms with Gasteiger partial charge in [0.05, 0.1) is 0 Å². The van der Waals surface area contributed by atoms with Crippen molar-refractivity contribution in [3.05, 3.63) is 0 Å². The van der Waals surface area contributed by atoms with Crippen molar-refractivity contribution in [2.45, 2.75) is 71.6 Å². The molecule has 15 heavy (non-hydrogen) atoms. The summed E-state index contributed by atoms with van der Waals surface area (Å²) in [6, 6.07) is 0. The molecular formula is C13H27OS+. The molecular weight excluding hydrogens is 204 g/mol. The van der Waals surface area contributed by atoms with Crippen LogP contribution in [0.3, 0.4) is 0 Å². The lowest BCUT2D eigenvalue weighted by atomic mass is 9.99. The molecule has 0 heterocycles. The van der Waals surface area contributed by atoms with Crippen LogP contribution in [-0.2, 0) is 15.9 Å². The Morgan fingerprint density at radius 2 is 1.53 bits per heavy atom. The maximum absolute atomic E-state index is 10.4. The Balaban J connectivity index is 3.17. The van der Waals surface area contributed by atoms with Gasteiger partial charge in [-0.15, -0.1) is 0 Å². The second-order valence-corrected chi connectivity index (χ2v) is 5.04. The summed E-state index contributed by atoms with van der Waals surface area (Å²) in [4.78, 5) is 0. The van der Waals surface area contributed by atoms with Gasteiger partial charge in [-0.2, -0.15) is 0 Å². The lowest BCUT2D eigenvalue weighted by molar-refractivity contribution is 0.473. The third kappa shape index (κ3) is 10.3. The molecule has 0 bridgehead atoms. The van der Waals surface area contributed by atoms with Crippen LogP contribution in [0.25, 0.3) is 0 Å². The Morgan fingerprint density at radius 1 is 0.933 bits per heavy atom. The average molecular weight is 231 g/mol. The molecule has 1 unspecified atom stereocenters. The summed E-state index contributed by atoms with van der Waals surface area (Å²) in [6.07, 6.45) is 12.1. The molecule has 0 aliphatic rings. The van der Waals surface area contributed by atoms with Crippen LogP contribution >= 0.6 is 0 Å². The van der Waals surface area contributed by atoms with Crippen molar-refractivity contribution in [2.75, 3.05) is 5.75 Å². The first kappa shape index (κ1) is 15.0. The van der Waals surface area contributed by atoms with Crippen LogP contribution in [0.1, 0.15) is 71.6 Å². The number of hydrogen-bond donors (Lipinski definition) is 0. The van der Waals surface area contributed by atoms with Crippen molar-refractivity contribution >= 4 is 11.7 Å². The van der Waals surface area contributed by atoms with Gasteiger partial charge >= 0.3 is 11.7 Å². The van der Waals surface area contributed by atoms with E-state index >= 15 is 0 Å². The molecule has 0 aliphatic heterocycles. The fourth-order valence-electron chi connectivity index (χ4n) is 1.89. The van der Waals surface area contributed by atoms with Crippen molar-refractivity contribution in [3.8, 4) is 0 Å². The van der Waals surface area contributed by atoms with Gasteiger partial charge in [0, 0.05) is 10.1 Å². The predicted molar refractivity (Wildman–Crippen MR) is 69.3 cm³/mol. The van der Waals surface area contributed by atoms with Gasteiger partial charge in [0.2, 0.25) is 5.75 Å². The minimum atomic E-state index is 0.670. The Labute approximate surface area is 99.5 Å². The summed E-state index contributed by atoms with van der Waals surface area (Å²) in [5, 5.41) is 0. The molecule has 0 aromatic rings. The lowest BCUT2D eigenvalue weighted by Gasteiger charge is -2.06. The maximum Gasteiger partial charge on any atom is 0.458 e. The SMILES string of the molecule is CCCCCCCCCC(CC)C[S+]=O. The largest absolute Gasteiger partial charge is 0.458 e. The summed E-state index contributed by atoms with van der Waals surface area (Å²) in [5.41, 5.74) is 0. The summed E-state index contributed by atoms with van der Waals surface area (Å²) in [5.74, 6) is 1.48. The molecule has 2 heteroatoms. The van der Waals surface area contributed by atoms with Crippen LogP contribution in [0.15, 0.2) is 0 Å². The molecule has 0 aromatic heterocycles. The zero-order valence-corrected chi connectivity index (χ0v) is 11.3. The molecule has 0 N–H and O–H groups in total. The third-order valence-electron chi connectivity index (χ3n) is 3.10. The van der Waals surface area contributed by atoms with E-state index in [0.717, 1.165) is 17.4 Å². The van der Waals surface area contributed by atoms with Crippen LogP contribution in [0.2, 0.25) is 0 Å². The summed E-state index contributed by atoms with van der Waals surface area (Å²) < 4.78 is 10.4. The summed E-state index contributed by atoms with van der Waals surface area (Å²) in [6.45, 7) is 4.45. The minimum Gasteiger partial charge on any atom is -0.0654 e. The van der Waals surface area contributed by atoms with Crippen LogP contribution in [-0.4, -0.2) is 5.75 Å². The molecule has 0 amide bonds. The van der Waals surface area contributed by atoms with E-state index in [1.54, 1.807) is 0 Å². The van der Waals surface area contributed by atoms with Gasteiger partial charge < -0.3 is 0 Å². The molecule has 0 radical (unpaired) electrons. The van der Waals surface area contributed by atoms with Crippen LogP contribution in [0.4, 0.5) is 0 Å². The molecule has 1 nitrogen and oxygen atoms in total. The highest BCUT2D eigenvalue weighted by molar-refractivity contribution is 7.65. The molecule has 0 aromatic carbocycles. The molecule has 0 aliphatic carbocycles. The van der Waals surface area contributed by atoms with Gasteiger partial charge in [0.1, 0.15) is 0 Å². The normalized spacial score (nSPS) is 12.7. The van der Waals surface area contributed by atoms with Gasteiger partial charge in [0.25, 0.3) is 0 Å². The molecule has 0 fully saturated rings. The van der Waals surface area contributed by atoms with Crippen LogP contribution in [0, 0.1) is 5.92 Å². The van der Waals surface area contributed by atoms with E-state index in [2.05, 4.69) is 13.8 Å². The van der Waals surface area contributed by atoms with E-state index in [1.165, 1.54) is 57.8 Å². The molecule has 0 rings (SSSR count). The quantitative estimate of drug-likeness (QED) is 0.376. The zero-order chi connectivity index (χ0) is 11.4. The van der Waals surface area contributed by atoms with Gasteiger partial charge in [-0.25, -0.2) is 0 Å². The monoisotopic (exact) mass is 231 g/mol. The van der Waals surface area contributed by atoms with E-state index < -0.39 is 0 Å². The highest BCUT2D eigenvalue weighted by atomic mass is 32.1. The topological polar surface area (TPSA) is 17.1 Å². The maximum atomic E-state index is 10.4. The molecule has 0 saturated heterocycles. The zero-order valence-electron chi connectivity index (χ0n) is 10.5. The average Bonchev–Trinajstić information content (AvgIpc) is 2.26. The van der Waals surface area contributed by atoms with E-state index in [-0.39, 0.29) is 0 Å². The first-order valence-corrected chi connectivity index (χ1v) is 7.50. The Bertz CT molecular complexity index is 136. The highest BCUT2D eigenvalue weighted by Crippen LogP contribution is 2.15. The highest BCUT2D eigenvalue weighted by Gasteiger charge is 2.12. The number of hydrogen-bond acceptors (Lipinski definition) is 1. The van der Waals surface area contributed by atoms with Gasteiger partial charge in [-0.05, 0) is 12.8 Å². The van der Waals surface area contributed by atoms with E-state index in [4.69, 9.17) is 0 Å². The van der Waals surface area contributed by atoms with Crippen molar-refractivity contribution in [1.29, 1.82) is 0 Å². The lowest BCUT2D eigenvalue weighted by Crippen LogP contribution is -2.03. The second kappa shape index (κ2) is 12.1. The molecule has 0 spiro atoms. The fourth-order valence-corrected chi connectivity index (χ4v) is 2.49. The minimum absolute atomic E-state index is 0.670. The third-order valence-corrected chi connectivity index (χ3v) is 3.70. The van der Waals surface area contributed by atoms with Crippen molar-refractivity contribution in [1.82, 2.24) is 0 Å². The number of unbranched alkanes of at least 4 members (excludes halogenated alkanes) is 6. The summed E-state index contributed by atoms with van der Waals surface area (Å²) in [7, 11) is 0. The Kier molecular flexibility index (Phi) is 12.1. The second-order valence-electron chi connectivity index (χ2n) is 4.47. The van der Waals surface area contributed by atoms with Crippen LogP contribution < -0.4 is 0 Å². The Morgan fingerprint density at radius 3 is 2.07 bits per heavy atom. The van der Waals surface area contributed by atoms with Crippen molar-refractivity contribution in [2.24, 2.45) is 5.92 Å². The number of rotatable bonds is 11. The Hall–Kier alpha value is 0.0200. The van der Waals surface area contributed by atoms with Crippen molar-refractivity contribution in [3.63, 3.8) is 0 Å². The smallest absolute Gasteiger partial charge is 0.0654 e. The summed E-state index contributed by atoms with van der Waals surface area (Å²) >= 11 is 0.759. The first-order chi connectivity index (χ1) is 7.35. The predicted octanol–water partition coefficient (Wildman–Crippen LogP) is 4.58. The van der Waals surface area contributed by atoms with Gasteiger partial charge in [-0.3, -0.25) is 0 Å². The van der Waals surface area contributed by atoms with E-state index in [9.17, 15) is 4.21 Å². The van der Waals surface area contributed by atoms with E-state index in [1.807, 2.05) is 0 Å². The molecule has 90 valence electrons. The first-order valence-electron chi connectivity index (χ1n) is 6.59. The van der Waals surface area contributed by atoms with Crippen molar-refractivity contribution < 1.29 is 4.21 Å². The fraction of sp³-hybridized carbons (Fsp3) is 1.00. The van der Waals surface area contributed by atoms with Crippen LogP contribution in [0.5, 0.6) is 0 Å². The van der Waals surface area contributed by atoms with E-state index in [0.29, 0.717) is 5.92 Å². The molecule has 1 atom stereocenters. The standard InChI is InChI=1S/C13H27OS/c1-3-5-6-7-8-9-10-11-13(4-2)12-15-14/h13H,3-12H2,1-2H3/q+1. The van der Waals surface area contributed by atoms with Gasteiger partial charge in [-0.1, -0.05) is 58.8 Å². The van der Waals surface area contributed by atoms with Gasteiger partial charge in [0.15, 0.2) is 0 Å².